The first kappa shape index (κ1) is 21.0. The van der Waals surface area contributed by atoms with Crippen LogP contribution in [0.15, 0.2) is 42.7 Å². The number of amides is 1. The summed E-state index contributed by atoms with van der Waals surface area (Å²) in [6, 6.07) is 8.84. The van der Waals surface area contributed by atoms with Crippen LogP contribution in [0, 0.1) is 11.7 Å². The molecular formula is C23H31FN4O2. The van der Waals surface area contributed by atoms with Gasteiger partial charge in [-0.2, -0.15) is 5.10 Å². The SMILES string of the molecule is O=C(Cn1cccn1)N(CC1CCN(Cc2ccccc2F)CC1)C[C@H]1CCCO1. The Labute approximate surface area is 177 Å². The molecule has 0 aliphatic carbocycles. The molecule has 1 aromatic heterocycles. The molecule has 1 atom stereocenters. The van der Waals surface area contributed by atoms with E-state index in [9.17, 15) is 9.18 Å². The van der Waals surface area contributed by atoms with Gasteiger partial charge in [-0.05, 0) is 56.8 Å². The lowest BCUT2D eigenvalue weighted by Gasteiger charge is -2.35. The highest BCUT2D eigenvalue weighted by atomic mass is 19.1. The van der Waals surface area contributed by atoms with Crippen molar-refractivity contribution in [2.75, 3.05) is 32.8 Å². The summed E-state index contributed by atoms with van der Waals surface area (Å²) in [6.45, 7) is 4.99. The van der Waals surface area contributed by atoms with Crippen LogP contribution in [0.25, 0.3) is 0 Å². The quantitative estimate of drug-likeness (QED) is 0.667. The first-order chi connectivity index (χ1) is 14.7. The maximum Gasteiger partial charge on any atom is 0.244 e. The van der Waals surface area contributed by atoms with Crippen molar-refractivity contribution in [3.63, 3.8) is 0 Å². The number of benzene rings is 1. The Morgan fingerprint density at radius 1 is 1.17 bits per heavy atom. The van der Waals surface area contributed by atoms with Crippen molar-refractivity contribution in [1.82, 2.24) is 19.6 Å². The Bertz CT molecular complexity index is 799. The number of hydrogen-bond donors (Lipinski definition) is 0. The average molecular weight is 415 g/mol. The van der Waals surface area contributed by atoms with Crippen LogP contribution >= 0.6 is 0 Å². The summed E-state index contributed by atoms with van der Waals surface area (Å²) in [5, 5.41) is 4.17. The lowest BCUT2D eigenvalue weighted by Crippen LogP contribution is -2.44. The molecule has 0 bridgehead atoms. The van der Waals surface area contributed by atoms with Gasteiger partial charge in [0.15, 0.2) is 0 Å². The van der Waals surface area contributed by atoms with E-state index >= 15 is 0 Å². The van der Waals surface area contributed by atoms with E-state index in [1.165, 1.54) is 6.07 Å². The minimum Gasteiger partial charge on any atom is -0.376 e. The molecule has 0 saturated carbocycles. The van der Waals surface area contributed by atoms with Crippen LogP contribution in [0.4, 0.5) is 4.39 Å². The van der Waals surface area contributed by atoms with E-state index in [2.05, 4.69) is 10.00 Å². The van der Waals surface area contributed by atoms with Crippen molar-refractivity contribution < 1.29 is 13.9 Å². The molecule has 0 spiro atoms. The molecule has 2 aromatic rings. The fraction of sp³-hybridized carbons (Fsp3) is 0.565. The molecule has 1 aromatic carbocycles. The highest BCUT2D eigenvalue weighted by molar-refractivity contribution is 5.76. The van der Waals surface area contributed by atoms with Crippen LogP contribution in [0.3, 0.4) is 0 Å². The number of ether oxygens (including phenoxy) is 1. The second-order valence-electron chi connectivity index (χ2n) is 8.45. The summed E-state index contributed by atoms with van der Waals surface area (Å²) < 4.78 is 21.4. The Hall–Kier alpha value is -2.25. The Balaban J connectivity index is 1.31. The van der Waals surface area contributed by atoms with E-state index < -0.39 is 0 Å². The summed E-state index contributed by atoms with van der Waals surface area (Å²) >= 11 is 0. The number of carbonyl (C=O) groups is 1. The second kappa shape index (κ2) is 10.2. The van der Waals surface area contributed by atoms with Crippen LogP contribution in [0.2, 0.25) is 0 Å². The fourth-order valence-corrected chi connectivity index (χ4v) is 4.45. The molecule has 0 N–H and O–H groups in total. The number of halogens is 1. The van der Waals surface area contributed by atoms with Gasteiger partial charge in [0.25, 0.3) is 0 Å². The maximum atomic E-state index is 13.9. The highest BCUT2D eigenvalue weighted by Gasteiger charge is 2.27. The van der Waals surface area contributed by atoms with Crippen molar-refractivity contribution in [3.8, 4) is 0 Å². The number of piperidine rings is 1. The van der Waals surface area contributed by atoms with Gasteiger partial charge in [-0.3, -0.25) is 14.4 Å². The monoisotopic (exact) mass is 414 g/mol. The van der Waals surface area contributed by atoms with Gasteiger partial charge in [0.1, 0.15) is 12.4 Å². The number of nitrogens with zero attached hydrogens (tertiary/aromatic N) is 4. The molecule has 2 saturated heterocycles. The van der Waals surface area contributed by atoms with Gasteiger partial charge in [-0.25, -0.2) is 4.39 Å². The van der Waals surface area contributed by atoms with E-state index in [-0.39, 0.29) is 24.4 Å². The van der Waals surface area contributed by atoms with Crippen molar-refractivity contribution in [2.24, 2.45) is 5.92 Å². The van der Waals surface area contributed by atoms with Gasteiger partial charge in [-0.1, -0.05) is 18.2 Å². The standard InChI is InChI=1S/C23H31FN4O2/c24-22-7-2-1-5-20(22)16-26-12-8-19(9-13-26)15-27(17-21-6-3-14-30-21)23(29)18-28-11-4-10-25-28/h1-2,4-5,7,10-11,19,21H,3,6,8-9,12-18H2/t21-/m1/s1. The van der Waals surface area contributed by atoms with Crippen molar-refractivity contribution in [1.29, 1.82) is 0 Å². The van der Waals surface area contributed by atoms with Gasteiger partial charge in [0.2, 0.25) is 5.91 Å². The van der Waals surface area contributed by atoms with Gasteiger partial charge in [0.05, 0.1) is 6.10 Å². The summed E-state index contributed by atoms with van der Waals surface area (Å²) in [5.41, 5.74) is 0.755. The van der Waals surface area contributed by atoms with Crippen LogP contribution in [-0.4, -0.2) is 64.4 Å². The zero-order chi connectivity index (χ0) is 20.8. The Morgan fingerprint density at radius 2 is 2.00 bits per heavy atom. The Kier molecular flexibility index (Phi) is 7.12. The molecule has 2 aliphatic heterocycles. The van der Waals surface area contributed by atoms with Crippen LogP contribution in [0.5, 0.6) is 0 Å². The molecular weight excluding hydrogens is 383 g/mol. The van der Waals surface area contributed by atoms with Crippen molar-refractivity contribution in [2.45, 2.75) is 44.9 Å². The normalized spacial score (nSPS) is 20.5. The number of aromatic nitrogens is 2. The Morgan fingerprint density at radius 3 is 2.70 bits per heavy atom. The largest absolute Gasteiger partial charge is 0.376 e. The predicted octanol–water partition coefficient (Wildman–Crippen LogP) is 2.94. The third-order valence-corrected chi connectivity index (χ3v) is 6.19. The van der Waals surface area contributed by atoms with E-state index in [0.717, 1.165) is 57.5 Å². The predicted molar refractivity (Wildman–Crippen MR) is 112 cm³/mol. The fourth-order valence-electron chi connectivity index (χ4n) is 4.45. The smallest absolute Gasteiger partial charge is 0.244 e. The van der Waals surface area contributed by atoms with Crippen LogP contribution in [-0.2, 0) is 22.6 Å². The number of rotatable bonds is 8. The first-order valence-corrected chi connectivity index (χ1v) is 11.0. The van der Waals surface area contributed by atoms with Gasteiger partial charge in [-0.15, -0.1) is 0 Å². The molecule has 2 fully saturated rings. The van der Waals surface area contributed by atoms with Crippen LogP contribution in [0.1, 0.15) is 31.2 Å². The molecule has 0 radical (unpaired) electrons. The van der Waals surface area contributed by atoms with E-state index in [4.69, 9.17) is 4.74 Å². The summed E-state index contributed by atoms with van der Waals surface area (Å²) in [7, 11) is 0. The minimum absolute atomic E-state index is 0.1000. The van der Waals surface area contributed by atoms with E-state index in [0.29, 0.717) is 19.0 Å². The molecule has 6 nitrogen and oxygen atoms in total. The molecule has 3 heterocycles. The molecule has 4 rings (SSSR count). The number of hydrogen-bond acceptors (Lipinski definition) is 4. The van der Waals surface area contributed by atoms with Crippen molar-refractivity contribution in [3.05, 3.63) is 54.1 Å². The van der Waals surface area contributed by atoms with E-state index in [1.807, 2.05) is 29.3 Å². The minimum atomic E-state index is -0.133. The highest BCUT2D eigenvalue weighted by Crippen LogP contribution is 2.22. The molecule has 2 aliphatic rings. The third-order valence-electron chi connectivity index (χ3n) is 6.19. The zero-order valence-electron chi connectivity index (χ0n) is 17.5. The molecule has 162 valence electrons. The lowest BCUT2D eigenvalue weighted by atomic mass is 9.95. The van der Waals surface area contributed by atoms with Gasteiger partial charge < -0.3 is 9.64 Å². The topological polar surface area (TPSA) is 50.6 Å². The summed E-state index contributed by atoms with van der Waals surface area (Å²) in [5.74, 6) is 0.430. The van der Waals surface area contributed by atoms with Gasteiger partial charge in [0, 0.05) is 44.2 Å². The number of likely N-dealkylation sites (tertiary alicyclic amines) is 1. The zero-order valence-corrected chi connectivity index (χ0v) is 17.5. The molecule has 0 unspecified atom stereocenters. The lowest BCUT2D eigenvalue weighted by molar-refractivity contribution is -0.134. The third kappa shape index (κ3) is 5.67. The van der Waals surface area contributed by atoms with Gasteiger partial charge >= 0.3 is 0 Å². The van der Waals surface area contributed by atoms with Crippen molar-refractivity contribution >= 4 is 5.91 Å². The summed E-state index contributed by atoms with van der Waals surface area (Å²) in [4.78, 5) is 17.3. The molecule has 1 amide bonds. The first-order valence-electron chi connectivity index (χ1n) is 11.0. The average Bonchev–Trinajstić information content (AvgIpc) is 3.45. The number of carbonyl (C=O) groups excluding carboxylic acids is 1. The van der Waals surface area contributed by atoms with E-state index in [1.54, 1.807) is 16.9 Å². The summed E-state index contributed by atoms with van der Waals surface area (Å²) in [6.07, 6.45) is 7.80. The second-order valence-corrected chi connectivity index (χ2v) is 8.45. The maximum absolute atomic E-state index is 13.9. The molecule has 30 heavy (non-hydrogen) atoms. The molecule has 7 heteroatoms. The van der Waals surface area contributed by atoms with Crippen LogP contribution < -0.4 is 0 Å².